The molecule has 0 bridgehead atoms. The van der Waals surface area contributed by atoms with Crippen LogP contribution in [-0.4, -0.2) is 82.4 Å². The number of alkyl halides is 3. The number of rotatable bonds is 8. The fourth-order valence-corrected chi connectivity index (χ4v) is 5.91. The summed E-state index contributed by atoms with van der Waals surface area (Å²) in [5, 5.41) is 9.46. The highest BCUT2D eigenvalue weighted by Crippen LogP contribution is 2.53. The smallest absolute Gasteiger partial charge is 0.395 e. The van der Waals surface area contributed by atoms with Crippen molar-refractivity contribution in [1.82, 2.24) is 19.8 Å². The van der Waals surface area contributed by atoms with E-state index in [1.807, 2.05) is 4.90 Å². The molecule has 1 aromatic heterocycles. The maximum absolute atomic E-state index is 14.8. The van der Waals surface area contributed by atoms with Gasteiger partial charge in [0.1, 0.15) is 5.82 Å². The highest BCUT2D eigenvalue weighted by Gasteiger charge is 2.58. The largest absolute Gasteiger partial charge is 0.476 e. The van der Waals surface area contributed by atoms with Crippen molar-refractivity contribution in [2.75, 3.05) is 39.4 Å². The molecule has 3 fully saturated rings. The third kappa shape index (κ3) is 5.89. The molecule has 39 heavy (non-hydrogen) atoms. The molecule has 1 amide bonds. The van der Waals surface area contributed by atoms with Crippen LogP contribution in [0.2, 0.25) is 0 Å². The SMILES string of the molecule is O=C(c1ccc(-c2cnc(OCC3CCN(CC4(C(F)(F)F)CCC4)CC3)cn2)cc1F)N1CCC[C@@H]1CO. The minimum Gasteiger partial charge on any atom is -0.476 e. The molecule has 7 nitrogen and oxygen atoms in total. The number of aliphatic hydroxyl groups is 1. The Bertz CT molecular complexity index is 1150. The van der Waals surface area contributed by atoms with E-state index in [0.717, 1.165) is 19.3 Å². The number of hydrogen-bond donors (Lipinski definition) is 1. The second-order valence-corrected chi connectivity index (χ2v) is 11.1. The lowest BCUT2D eigenvalue weighted by molar-refractivity contribution is -0.256. The van der Waals surface area contributed by atoms with Gasteiger partial charge in [0, 0.05) is 18.7 Å². The van der Waals surface area contributed by atoms with Gasteiger partial charge in [0.2, 0.25) is 5.88 Å². The van der Waals surface area contributed by atoms with Crippen LogP contribution < -0.4 is 4.74 Å². The lowest BCUT2D eigenvalue weighted by Gasteiger charge is -2.47. The van der Waals surface area contributed by atoms with Crippen LogP contribution in [0.25, 0.3) is 11.3 Å². The highest BCUT2D eigenvalue weighted by molar-refractivity contribution is 5.95. The average Bonchev–Trinajstić information content (AvgIpc) is 3.38. The summed E-state index contributed by atoms with van der Waals surface area (Å²) in [4.78, 5) is 24.8. The van der Waals surface area contributed by atoms with Crippen LogP contribution in [0.1, 0.15) is 55.3 Å². The van der Waals surface area contributed by atoms with E-state index in [0.29, 0.717) is 56.2 Å². The molecule has 1 atom stereocenters. The zero-order valence-electron chi connectivity index (χ0n) is 21.8. The predicted molar refractivity (Wildman–Crippen MR) is 136 cm³/mol. The third-order valence-corrected chi connectivity index (χ3v) is 8.58. The van der Waals surface area contributed by atoms with Crippen LogP contribution in [0.3, 0.4) is 0 Å². The number of amides is 1. The number of aromatic nitrogens is 2. The number of benzene rings is 1. The van der Waals surface area contributed by atoms with Crippen LogP contribution in [0.5, 0.6) is 5.88 Å². The van der Waals surface area contributed by atoms with E-state index in [2.05, 4.69) is 9.97 Å². The van der Waals surface area contributed by atoms with Gasteiger partial charge in [-0.3, -0.25) is 4.79 Å². The number of hydrogen-bond acceptors (Lipinski definition) is 6. The number of halogens is 4. The predicted octanol–water partition coefficient (Wildman–Crippen LogP) is 4.70. The molecule has 0 spiro atoms. The first-order valence-electron chi connectivity index (χ1n) is 13.6. The number of carbonyl (C=O) groups excluding carboxylic acids is 1. The van der Waals surface area contributed by atoms with Gasteiger partial charge in [-0.15, -0.1) is 0 Å². The van der Waals surface area contributed by atoms with Gasteiger partial charge in [0.25, 0.3) is 5.91 Å². The monoisotopic (exact) mass is 550 g/mol. The topological polar surface area (TPSA) is 78.8 Å². The standard InChI is InChI=1S/C28H34F4N4O3/c29-23-13-20(4-5-22(23)26(38)36-10-1-3-21(36)16-37)24-14-34-25(15-33-24)39-17-19-6-11-35(12-7-19)18-27(8-2-9-27)28(30,31)32/h4-5,13-15,19,21,37H,1-3,6-12,16-18H2/t21-/m1/s1. The van der Waals surface area contributed by atoms with Gasteiger partial charge in [-0.05, 0) is 69.7 Å². The van der Waals surface area contributed by atoms with E-state index in [4.69, 9.17) is 4.74 Å². The Balaban J connectivity index is 1.11. The lowest BCUT2D eigenvalue weighted by atomic mass is 9.67. The van der Waals surface area contributed by atoms with Gasteiger partial charge in [0.05, 0.1) is 48.3 Å². The molecule has 1 saturated carbocycles. The lowest BCUT2D eigenvalue weighted by Crippen LogP contribution is -2.53. The zero-order valence-corrected chi connectivity index (χ0v) is 21.8. The second-order valence-electron chi connectivity index (χ2n) is 11.1. The van der Waals surface area contributed by atoms with Gasteiger partial charge >= 0.3 is 6.18 Å². The molecule has 0 radical (unpaired) electrons. The van der Waals surface area contributed by atoms with E-state index >= 15 is 0 Å². The molecule has 3 heterocycles. The minimum absolute atomic E-state index is 0.0423. The van der Waals surface area contributed by atoms with Crippen molar-refractivity contribution < 1.29 is 32.2 Å². The summed E-state index contributed by atoms with van der Waals surface area (Å²) in [6.45, 7) is 2.10. The van der Waals surface area contributed by atoms with Gasteiger partial charge < -0.3 is 19.6 Å². The Morgan fingerprint density at radius 3 is 2.44 bits per heavy atom. The first-order valence-corrected chi connectivity index (χ1v) is 13.6. The molecule has 2 aliphatic heterocycles. The first kappa shape index (κ1) is 27.8. The van der Waals surface area contributed by atoms with Gasteiger partial charge in [-0.25, -0.2) is 14.4 Å². The summed E-state index contributed by atoms with van der Waals surface area (Å²) < 4.78 is 61.1. The molecule has 5 rings (SSSR count). The highest BCUT2D eigenvalue weighted by atomic mass is 19.4. The normalized spacial score (nSPS) is 22.1. The number of piperidine rings is 1. The van der Waals surface area contributed by atoms with Crippen molar-refractivity contribution in [2.45, 2.75) is 57.2 Å². The minimum atomic E-state index is -4.14. The van der Waals surface area contributed by atoms with E-state index < -0.39 is 23.3 Å². The van der Waals surface area contributed by atoms with Crippen LogP contribution in [0.15, 0.2) is 30.6 Å². The van der Waals surface area contributed by atoms with Crippen LogP contribution in [0, 0.1) is 17.2 Å². The zero-order chi connectivity index (χ0) is 27.6. The Labute approximate surface area is 225 Å². The van der Waals surface area contributed by atoms with E-state index in [1.165, 1.54) is 29.4 Å². The maximum atomic E-state index is 14.8. The van der Waals surface area contributed by atoms with Crippen LogP contribution in [0.4, 0.5) is 17.6 Å². The van der Waals surface area contributed by atoms with Crippen LogP contribution >= 0.6 is 0 Å². The fraction of sp³-hybridized carbons (Fsp3) is 0.607. The van der Waals surface area contributed by atoms with Gasteiger partial charge in [0.15, 0.2) is 0 Å². The number of ether oxygens (including phenoxy) is 1. The summed E-state index contributed by atoms with van der Waals surface area (Å²) in [6.07, 6.45) is 2.91. The molecule has 11 heteroatoms. The average molecular weight is 551 g/mol. The molecule has 212 valence electrons. The summed E-state index contributed by atoms with van der Waals surface area (Å²) in [6, 6.07) is 4.02. The number of nitrogens with zero attached hydrogens (tertiary/aromatic N) is 4. The Morgan fingerprint density at radius 2 is 1.85 bits per heavy atom. The van der Waals surface area contributed by atoms with Crippen molar-refractivity contribution >= 4 is 5.91 Å². The Kier molecular flexibility index (Phi) is 8.09. The van der Waals surface area contributed by atoms with Crippen molar-refractivity contribution in [3.05, 3.63) is 42.0 Å². The fourth-order valence-electron chi connectivity index (χ4n) is 5.91. The summed E-state index contributed by atoms with van der Waals surface area (Å²) >= 11 is 0. The molecule has 2 aromatic rings. The second kappa shape index (κ2) is 11.4. The van der Waals surface area contributed by atoms with E-state index in [1.54, 1.807) is 6.07 Å². The van der Waals surface area contributed by atoms with Crippen molar-refractivity contribution in [3.8, 4) is 17.1 Å². The van der Waals surface area contributed by atoms with E-state index in [-0.39, 0.29) is 43.5 Å². The third-order valence-electron chi connectivity index (χ3n) is 8.58. The molecule has 1 aliphatic carbocycles. The van der Waals surface area contributed by atoms with Gasteiger partial charge in [-0.2, -0.15) is 13.2 Å². The quantitative estimate of drug-likeness (QED) is 0.480. The summed E-state index contributed by atoms with van der Waals surface area (Å²) in [5.74, 6) is -0.540. The molecular weight excluding hydrogens is 516 g/mol. The molecule has 3 aliphatic rings. The molecule has 1 aromatic carbocycles. The maximum Gasteiger partial charge on any atom is 0.395 e. The Morgan fingerprint density at radius 1 is 1.08 bits per heavy atom. The summed E-state index contributed by atoms with van der Waals surface area (Å²) in [7, 11) is 0. The van der Waals surface area contributed by atoms with Crippen LogP contribution in [-0.2, 0) is 0 Å². The van der Waals surface area contributed by atoms with Crippen molar-refractivity contribution in [3.63, 3.8) is 0 Å². The van der Waals surface area contributed by atoms with Crippen molar-refractivity contribution in [2.24, 2.45) is 11.3 Å². The van der Waals surface area contributed by atoms with E-state index in [9.17, 15) is 27.5 Å². The molecule has 2 saturated heterocycles. The molecule has 0 unspecified atom stereocenters. The number of aliphatic hydroxyl groups excluding tert-OH is 1. The number of likely N-dealkylation sites (tertiary alicyclic amines) is 2. The molecular formula is C28H34F4N4O3. The summed E-state index contributed by atoms with van der Waals surface area (Å²) in [5.41, 5.74) is -0.667. The van der Waals surface area contributed by atoms with Gasteiger partial charge in [-0.1, -0.05) is 12.5 Å². The number of carbonyl (C=O) groups is 1. The first-order chi connectivity index (χ1) is 18.7. The molecule has 1 N–H and O–H groups in total. The van der Waals surface area contributed by atoms with Crippen molar-refractivity contribution in [1.29, 1.82) is 0 Å². The Hall–Kier alpha value is -2.79.